The Morgan fingerprint density at radius 2 is 1.62 bits per heavy atom. The van der Waals surface area contributed by atoms with Crippen LogP contribution in [0.3, 0.4) is 0 Å². The molecule has 0 fully saturated rings. The van der Waals surface area contributed by atoms with Crippen molar-refractivity contribution in [2.75, 3.05) is 12.4 Å². The van der Waals surface area contributed by atoms with Gasteiger partial charge >= 0.3 is 6.09 Å². The molecule has 0 spiro atoms. The van der Waals surface area contributed by atoms with E-state index in [0.29, 0.717) is 22.7 Å². The van der Waals surface area contributed by atoms with E-state index in [1.165, 1.54) is 4.90 Å². The van der Waals surface area contributed by atoms with E-state index in [9.17, 15) is 14.4 Å². The summed E-state index contributed by atoms with van der Waals surface area (Å²) in [5.74, 6) is -0.992. The second-order valence-corrected chi connectivity index (χ2v) is 11.0. The van der Waals surface area contributed by atoms with Gasteiger partial charge in [0.25, 0.3) is 5.91 Å². The summed E-state index contributed by atoms with van der Waals surface area (Å²) in [6.07, 6.45) is -0.0434. The Kier molecular flexibility index (Phi) is 10.2. The summed E-state index contributed by atoms with van der Waals surface area (Å²) in [5, 5.41) is 6.08. The van der Waals surface area contributed by atoms with Crippen molar-refractivity contribution in [3.63, 3.8) is 0 Å². The first-order chi connectivity index (χ1) is 17.2. The molecule has 2 aromatic carbocycles. The molecule has 3 amide bonds. The van der Waals surface area contributed by atoms with E-state index in [1.807, 2.05) is 65.0 Å². The van der Waals surface area contributed by atoms with Crippen molar-refractivity contribution < 1.29 is 19.1 Å². The number of para-hydroxylation sites is 1. The molecule has 0 saturated heterocycles. The van der Waals surface area contributed by atoms with Gasteiger partial charge in [0.05, 0.1) is 10.7 Å². The second-order valence-electron chi connectivity index (χ2n) is 10.6. The van der Waals surface area contributed by atoms with Gasteiger partial charge in [0.15, 0.2) is 0 Å². The molecule has 0 heterocycles. The fraction of sp³-hybridized carbons (Fsp3) is 0.483. The lowest BCUT2D eigenvalue weighted by Gasteiger charge is -2.34. The number of hydrogen-bond donors (Lipinski definition) is 2. The van der Waals surface area contributed by atoms with Gasteiger partial charge in [-0.3, -0.25) is 9.59 Å². The third-order valence-electron chi connectivity index (χ3n) is 6.55. The molecule has 2 N–H and O–H groups in total. The van der Waals surface area contributed by atoms with Gasteiger partial charge in [0.2, 0.25) is 5.91 Å². The number of alkyl carbamates (subject to hydrolysis) is 1. The molecule has 0 saturated carbocycles. The van der Waals surface area contributed by atoms with Crippen LogP contribution in [-0.4, -0.2) is 41.5 Å². The zero-order valence-electron chi connectivity index (χ0n) is 23.4. The average molecular weight is 530 g/mol. The van der Waals surface area contributed by atoms with Crippen LogP contribution >= 0.6 is 11.6 Å². The van der Waals surface area contributed by atoms with Crippen molar-refractivity contribution in [2.45, 2.75) is 79.5 Å². The maximum absolute atomic E-state index is 13.9. The van der Waals surface area contributed by atoms with E-state index >= 15 is 0 Å². The minimum Gasteiger partial charge on any atom is -0.444 e. The van der Waals surface area contributed by atoms with E-state index in [1.54, 1.807) is 33.9 Å². The van der Waals surface area contributed by atoms with Gasteiger partial charge in [-0.1, -0.05) is 62.2 Å². The van der Waals surface area contributed by atoms with E-state index in [2.05, 4.69) is 10.6 Å². The molecule has 0 aliphatic carbocycles. The van der Waals surface area contributed by atoms with E-state index in [4.69, 9.17) is 16.3 Å². The summed E-state index contributed by atoms with van der Waals surface area (Å²) in [6, 6.07) is 9.19. The highest BCUT2D eigenvalue weighted by Crippen LogP contribution is 2.31. The number of anilines is 1. The Balaban J connectivity index is 2.51. The number of nitrogens with one attached hydrogen (secondary N) is 2. The number of likely N-dealkylation sites (N-methyl/N-ethyl adjacent to an activating group) is 1. The van der Waals surface area contributed by atoms with E-state index < -0.39 is 35.6 Å². The highest BCUT2D eigenvalue weighted by Gasteiger charge is 2.37. The van der Waals surface area contributed by atoms with Crippen LogP contribution in [0, 0.1) is 26.7 Å². The average Bonchev–Trinajstić information content (AvgIpc) is 2.80. The van der Waals surface area contributed by atoms with Crippen molar-refractivity contribution in [3.05, 3.63) is 63.7 Å². The predicted molar refractivity (Wildman–Crippen MR) is 149 cm³/mol. The summed E-state index contributed by atoms with van der Waals surface area (Å²) in [5.41, 5.74) is 3.17. The molecular formula is C29H40ClN3O4. The molecule has 202 valence electrons. The molecule has 0 radical (unpaired) electrons. The normalized spacial score (nSPS) is 13.8. The molecular weight excluding hydrogens is 490 g/mol. The number of rotatable bonds is 8. The molecule has 2 aromatic rings. The molecule has 0 bridgehead atoms. The van der Waals surface area contributed by atoms with Crippen molar-refractivity contribution in [1.82, 2.24) is 10.2 Å². The monoisotopic (exact) mass is 529 g/mol. The van der Waals surface area contributed by atoms with Crippen LogP contribution in [0.1, 0.15) is 69.3 Å². The Morgan fingerprint density at radius 1 is 1.03 bits per heavy atom. The van der Waals surface area contributed by atoms with Gasteiger partial charge in [0.1, 0.15) is 17.7 Å². The molecule has 0 aliphatic rings. The molecule has 7 nitrogen and oxygen atoms in total. The smallest absolute Gasteiger partial charge is 0.408 e. The summed E-state index contributed by atoms with van der Waals surface area (Å²) >= 11 is 6.39. The summed E-state index contributed by atoms with van der Waals surface area (Å²) in [7, 11) is 1.58. The van der Waals surface area contributed by atoms with Crippen LogP contribution < -0.4 is 10.6 Å². The number of ether oxygens (including phenoxy) is 1. The van der Waals surface area contributed by atoms with Gasteiger partial charge < -0.3 is 20.3 Å². The number of carbonyl (C=O) groups excluding carboxylic acids is 3. The zero-order chi connectivity index (χ0) is 28.1. The molecule has 0 aromatic heterocycles. The third kappa shape index (κ3) is 7.71. The van der Waals surface area contributed by atoms with Crippen LogP contribution in [0.4, 0.5) is 10.5 Å². The highest BCUT2D eigenvalue weighted by atomic mass is 35.5. The number of halogens is 1. The SMILES string of the molecule is CCC(C)C(NC(=O)OC(C)(C)C)C(=O)N(C)C(C(=O)Nc1c(C)cccc1Cl)c1cccc(C)c1C. The minimum atomic E-state index is -0.963. The predicted octanol–water partition coefficient (Wildman–Crippen LogP) is 6.34. The molecule has 37 heavy (non-hydrogen) atoms. The Hall–Kier alpha value is -3.06. The lowest BCUT2D eigenvalue weighted by molar-refractivity contribution is -0.140. The highest BCUT2D eigenvalue weighted by molar-refractivity contribution is 6.34. The van der Waals surface area contributed by atoms with E-state index in [0.717, 1.165) is 16.7 Å². The number of aryl methyl sites for hydroxylation is 2. The maximum atomic E-state index is 13.9. The first-order valence-electron chi connectivity index (χ1n) is 12.6. The fourth-order valence-corrected chi connectivity index (χ4v) is 4.31. The van der Waals surface area contributed by atoms with Crippen LogP contribution in [0.25, 0.3) is 0 Å². The molecule has 8 heteroatoms. The van der Waals surface area contributed by atoms with Crippen LogP contribution in [0.5, 0.6) is 0 Å². The Morgan fingerprint density at radius 3 is 2.19 bits per heavy atom. The van der Waals surface area contributed by atoms with Crippen molar-refractivity contribution in [2.24, 2.45) is 5.92 Å². The minimum absolute atomic E-state index is 0.199. The molecule has 0 aliphatic heterocycles. The van der Waals surface area contributed by atoms with Gasteiger partial charge in [0, 0.05) is 7.05 Å². The summed E-state index contributed by atoms with van der Waals surface area (Å²) in [6.45, 7) is 14.8. The van der Waals surface area contributed by atoms with Gasteiger partial charge in [-0.05, 0) is 75.8 Å². The number of carbonyl (C=O) groups is 3. The van der Waals surface area contributed by atoms with Crippen LogP contribution in [0.15, 0.2) is 36.4 Å². The first kappa shape index (κ1) is 30.2. The van der Waals surface area contributed by atoms with Crippen molar-refractivity contribution in [1.29, 1.82) is 0 Å². The standard InChI is InChI=1S/C29H40ClN3O4/c1-10-17(2)24(32-28(36)37-29(6,7)8)27(35)33(9)25(21-15-11-13-18(3)20(21)5)26(34)31-23-19(4)14-12-16-22(23)30/h11-17,24-25H,10H2,1-9H3,(H,31,34)(H,32,36). The fourth-order valence-electron chi connectivity index (χ4n) is 4.04. The van der Waals surface area contributed by atoms with Crippen molar-refractivity contribution in [3.8, 4) is 0 Å². The molecule has 3 atom stereocenters. The second kappa shape index (κ2) is 12.5. The number of hydrogen-bond acceptors (Lipinski definition) is 4. The van der Waals surface area contributed by atoms with Crippen LogP contribution in [-0.2, 0) is 14.3 Å². The largest absolute Gasteiger partial charge is 0.444 e. The molecule has 3 unspecified atom stereocenters. The topological polar surface area (TPSA) is 87.7 Å². The number of amides is 3. The summed E-state index contributed by atoms with van der Waals surface area (Å²) < 4.78 is 5.41. The third-order valence-corrected chi connectivity index (χ3v) is 6.86. The lowest BCUT2D eigenvalue weighted by atomic mass is 9.93. The number of nitrogens with zero attached hydrogens (tertiary/aromatic N) is 1. The molecule has 2 rings (SSSR count). The van der Waals surface area contributed by atoms with E-state index in [-0.39, 0.29) is 5.92 Å². The zero-order valence-corrected chi connectivity index (χ0v) is 24.1. The maximum Gasteiger partial charge on any atom is 0.408 e. The van der Waals surface area contributed by atoms with Crippen LogP contribution in [0.2, 0.25) is 5.02 Å². The Bertz CT molecular complexity index is 1120. The summed E-state index contributed by atoms with van der Waals surface area (Å²) in [4.78, 5) is 41.7. The lowest BCUT2D eigenvalue weighted by Crippen LogP contribution is -2.53. The van der Waals surface area contributed by atoms with Crippen molar-refractivity contribution >= 4 is 35.2 Å². The quantitative estimate of drug-likeness (QED) is 0.417. The Labute approximate surface area is 225 Å². The van der Waals surface area contributed by atoms with Gasteiger partial charge in [-0.25, -0.2) is 4.79 Å². The van der Waals surface area contributed by atoms with Gasteiger partial charge in [-0.15, -0.1) is 0 Å². The first-order valence-corrected chi connectivity index (χ1v) is 12.9. The van der Waals surface area contributed by atoms with Gasteiger partial charge in [-0.2, -0.15) is 0 Å². The number of benzene rings is 2.